The first-order valence-corrected chi connectivity index (χ1v) is 9.02. The summed E-state index contributed by atoms with van der Waals surface area (Å²) in [5, 5.41) is 9.24. The van der Waals surface area contributed by atoms with Crippen molar-refractivity contribution in [1.82, 2.24) is 9.97 Å². The first-order valence-electron chi connectivity index (χ1n) is 9.02. The van der Waals surface area contributed by atoms with Crippen molar-refractivity contribution in [2.75, 3.05) is 0 Å². The number of fused-ring (bicyclic) bond motifs is 3. The molecule has 1 atom stereocenters. The lowest BCUT2D eigenvalue weighted by Crippen LogP contribution is -2.01. The van der Waals surface area contributed by atoms with Crippen molar-refractivity contribution < 1.29 is 9.53 Å². The van der Waals surface area contributed by atoms with E-state index >= 15 is 0 Å². The van der Waals surface area contributed by atoms with Gasteiger partial charge in [-0.1, -0.05) is 54.6 Å². The number of aliphatic hydroxyl groups excluding tert-OH is 1. The minimum atomic E-state index is -0.423. The summed E-state index contributed by atoms with van der Waals surface area (Å²) in [5.41, 5.74) is 7.60. The van der Waals surface area contributed by atoms with E-state index in [9.17, 15) is 5.11 Å². The zero-order valence-corrected chi connectivity index (χ0v) is 14.9. The molecule has 134 valence electrons. The third-order valence-corrected chi connectivity index (χ3v) is 5.02. The third kappa shape index (κ3) is 2.58. The standard InChI is InChI=1S/C24H16N2O2/c27-15-28-24-18-8-2-1-7-16(18)17-9-5-10-19(23(17)24)20-12-6-13-22(26-20)21-11-3-4-14-25-21/h1-14,24,27H. The second kappa shape index (κ2) is 6.74. The molecule has 2 aromatic heterocycles. The molecule has 0 saturated heterocycles. The molecule has 4 nitrogen and oxygen atoms in total. The number of aromatic nitrogens is 2. The van der Waals surface area contributed by atoms with Gasteiger partial charge >= 0.3 is 0 Å². The van der Waals surface area contributed by atoms with E-state index in [0.717, 1.165) is 44.9 Å². The van der Waals surface area contributed by atoms with Crippen LogP contribution in [0.2, 0.25) is 0 Å². The van der Waals surface area contributed by atoms with E-state index in [2.05, 4.69) is 17.1 Å². The molecule has 0 spiro atoms. The van der Waals surface area contributed by atoms with Crippen LogP contribution in [0.15, 0.2) is 85.1 Å². The second-order valence-electron chi connectivity index (χ2n) is 6.57. The molecule has 2 aromatic carbocycles. The normalized spacial score (nSPS) is 14.8. The molecule has 2 heterocycles. The summed E-state index contributed by atoms with van der Waals surface area (Å²) in [6.07, 6.45) is 1.34. The van der Waals surface area contributed by atoms with Crippen LogP contribution in [0.5, 0.6) is 0 Å². The predicted molar refractivity (Wildman–Crippen MR) is 109 cm³/mol. The van der Waals surface area contributed by atoms with Crippen molar-refractivity contribution in [2.45, 2.75) is 6.10 Å². The van der Waals surface area contributed by atoms with Crippen LogP contribution in [-0.2, 0) is 4.42 Å². The van der Waals surface area contributed by atoms with Crippen LogP contribution in [0.1, 0.15) is 17.2 Å². The Labute approximate surface area is 162 Å². The minimum absolute atomic E-state index is 0.423. The van der Waals surface area contributed by atoms with Gasteiger partial charge in [-0.3, -0.25) is 4.98 Å². The molecule has 0 radical (unpaired) electrons. The van der Waals surface area contributed by atoms with Crippen LogP contribution < -0.4 is 0 Å². The van der Waals surface area contributed by atoms with Crippen LogP contribution >= 0.6 is 0 Å². The van der Waals surface area contributed by atoms with Gasteiger partial charge in [0, 0.05) is 22.9 Å². The van der Waals surface area contributed by atoms with Crippen molar-refractivity contribution in [3.05, 3.63) is 96.2 Å². The topological polar surface area (TPSA) is 57.3 Å². The molecule has 5 rings (SSSR count). The smallest absolute Gasteiger partial charge is 0.203 e. The molecule has 1 aliphatic rings. The fourth-order valence-electron chi connectivity index (χ4n) is 3.85. The molecule has 1 N–H and O–H groups in total. The number of hydrogen-bond acceptors (Lipinski definition) is 2. The SMILES string of the molecule is O[C-]=[O+]C1c2ccccc2-c2cccc(-c3cccc(-c4ccccn4)n3)c21. The van der Waals surface area contributed by atoms with Crippen LogP contribution in [-0.4, -0.2) is 21.5 Å². The highest BCUT2D eigenvalue weighted by molar-refractivity contribution is 5.85. The highest BCUT2D eigenvalue weighted by atomic mass is 16.5. The maximum Gasteiger partial charge on any atom is 0.203 e. The van der Waals surface area contributed by atoms with Crippen LogP contribution in [0.3, 0.4) is 0 Å². The number of nitrogens with zero attached hydrogens (tertiary/aromatic N) is 2. The second-order valence-corrected chi connectivity index (χ2v) is 6.57. The molecule has 4 aromatic rings. The molecule has 0 aliphatic heterocycles. The van der Waals surface area contributed by atoms with E-state index < -0.39 is 6.10 Å². The third-order valence-electron chi connectivity index (χ3n) is 5.02. The van der Waals surface area contributed by atoms with Crippen molar-refractivity contribution in [2.24, 2.45) is 0 Å². The first kappa shape index (κ1) is 16.4. The summed E-state index contributed by atoms with van der Waals surface area (Å²) in [6.45, 7) is 1.88. The average molecular weight is 364 g/mol. The van der Waals surface area contributed by atoms with Gasteiger partial charge in [-0.15, -0.1) is 0 Å². The largest absolute Gasteiger partial charge is 0.516 e. The van der Waals surface area contributed by atoms with Crippen molar-refractivity contribution in [3.63, 3.8) is 0 Å². The molecule has 1 aliphatic carbocycles. The van der Waals surface area contributed by atoms with Gasteiger partial charge in [-0.05, 0) is 35.4 Å². The maximum absolute atomic E-state index is 9.24. The fraction of sp³-hybridized carbons (Fsp3) is 0.0417. The number of hydrogen-bond donors (Lipinski definition) is 1. The summed E-state index contributed by atoms with van der Waals surface area (Å²) >= 11 is 0. The number of pyridine rings is 2. The molecule has 0 amide bonds. The highest BCUT2D eigenvalue weighted by Crippen LogP contribution is 2.48. The van der Waals surface area contributed by atoms with Crippen molar-refractivity contribution in [3.8, 4) is 33.8 Å². The average Bonchev–Trinajstić information content (AvgIpc) is 3.09. The summed E-state index contributed by atoms with van der Waals surface area (Å²) in [4.78, 5) is 9.25. The zero-order valence-electron chi connectivity index (χ0n) is 14.9. The Morgan fingerprint density at radius 1 is 0.714 bits per heavy atom. The van der Waals surface area contributed by atoms with Gasteiger partial charge in [0.15, 0.2) is 6.47 Å². The monoisotopic (exact) mass is 364 g/mol. The van der Waals surface area contributed by atoms with Crippen LogP contribution in [0.25, 0.3) is 33.8 Å². The molecule has 1 unspecified atom stereocenters. The molecule has 28 heavy (non-hydrogen) atoms. The van der Waals surface area contributed by atoms with E-state index in [1.165, 1.54) is 0 Å². The van der Waals surface area contributed by atoms with Gasteiger partial charge in [-0.2, -0.15) is 0 Å². The lowest BCUT2D eigenvalue weighted by atomic mass is 9.97. The molecule has 4 heteroatoms. The summed E-state index contributed by atoms with van der Waals surface area (Å²) in [6, 6.07) is 25.9. The Hall–Kier alpha value is -3.79. The lowest BCUT2D eigenvalue weighted by Gasteiger charge is -2.13. The molecule has 0 saturated carbocycles. The Balaban J connectivity index is 1.70. The Morgan fingerprint density at radius 2 is 1.43 bits per heavy atom. The Morgan fingerprint density at radius 3 is 2.29 bits per heavy atom. The van der Waals surface area contributed by atoms with Gasteiger partial charge in [-0.25, -0.2) is 4.98 Å². The lowest BCUT2D eigenvalue weighted by molar-refractivity contribution is 0.0301. The minimum Gasteiger partial charge on any atom is -0.516 e. The summed E-state index contributed by atoms with van der Waals surface area (Å²) < 4.78 is 5.50. The predicted octanol–water partition coefficient (Wildman–Crippen LogP) is 5.04. The summed E-state index contributed by atoms with van der Waals surface area (Å²) in [5.74, 6) is 0. The highest BCUT2D eigenvalue weighted by Gasteiger charge is 2.33. The van der Waals surface area contributed by atoms with Gasteiger partial charge in [0.05, 0.1) is 17.1 Å². The van der Waals surface area contributed by atoms with E-state index in [-0.39, 0.29) is 0 Å². The van der Waals surface area contributed by atoms with Gasteiger partial charge in [0.25, 0.3) is 0 Å². The van der Waals surface area contributed by atoms with Gasteiger partial charge in [0.2, 0.25) is 6.10 Å². The van der Waals surface area contributed by atoms with Gasteiger partial charge < -0.3 is 9.53 Å². The van der Waals surface area contributed by atoms with E-state index in [1.807, 2.05) is 73.2 Å². The zero-order chi connectivity index (χ0) is 18.9. The first-order chi connectivity index (χ1) is 13.9. The fourth-order valence-corrected chi connectivity index (χ4v) is 3.85. The number of benzene rings is 2. The van der Waals surface area contributed by atoms with Crippen molar-refractivity contribution in [1.29, 1.82) is 0 Å². The molecule has 0 fully saturated rings. The Kier molecular flexibility index (Phi) is 3.95. The van der Waals surface area contributed by atoms with E-state index in [1.54, 1.807) is 6.20 Å². The molecular formula is C24H16N2O2. The molecule has 0 bridgehead atoms. The quantitative estimate of drug-likeness (QED) is 0.409. The maximum atomic E-state index is 9.24. The number of rotatable bonds is 3. The Bertz CT molecular complexity index is 1190. The van der Waals surface area contributed by atoms with Crippen LogP contribution in [0.4, 0.5) is 0 Å². The molecular weight excluding hydrogens is 348 g/mol. The van der Waals surface area contributed by atoms with Gasteiger partial charge in [0.1, 0.15) is 0 Å². The van der Waals surface area contributed by atoms with Crippen molar-refractivity contribution >= 4 is 6.47 Å². The van der Waals surface area contributed by atoms with E-state index in [0.29, 0.717) is 0 Å². The van der Waals surface area contributed by atoms with E-state index in [4.69, 9.17) is 9.41 Å². The summed E-state index contributed by atoms with van der Waals surface area (Å²) in [7, 11) is 0. The van der Waals surface area contributed by atoms with Crippen LogP contribution in [0, 0.1) is 0 Å².